The lowest BCUT2D eigenvalue weighted by Gasteiger charge is -2.16. The fourth-order valence-electron chi connectivity index (χ4n) is 2.24. The van der Waals surface area contributed by atoms with Gasteiger partial charge in [0, 0.05) is 28.3 Å². The van der Waals surface area contributed by atoms with Gasteiger partial charge in [-0.25, -0.2) is 0 Å². The molecule has 1 heterocycles. The second-order valence-corrected chi connectivity index (χ2v) is 6.83. The Morgan fingerprint density at radius 2 is 2.14 bits per heavy atom. The first-order valence-electron chi connectivity index (χ1n) is 7.21. The molecule has 0 bridgehead atoms. The Morgan fingerprint density at radius 3 is 2.76 bits per heavy atom. The fraction of sp³-hybridized carbons (Fsp3) is 0.438. The highest BCUT2D eigenvalue weighted by molar-refractivity contribution is 14.1. The summed E-state index contributed by atoms with van der Waals surface area (Å²) < 4.78 is 3.12. The lowest BCUT2D eigenvalue weighted by Crippen LogP contribution is -2.19. The second kappa shape index (κ2) is 7.61. The molecule has 0 spiro atoms. The number of rotatable bonds is 6. The standard InChI is InChI=1S/C16H21ClIN3/c1-4-11(2)21-8-7-13(20-21)10-16(19-3)12-5-6-15(18)14(17)9-12/h5-9,11,16,19H,4,10H2,1-3H3. The van der Waals surface area contributed by atoms with Gasteiger partial charge >= 0.3 is 0 Å². The summed E-state index contributed by atoms with van der Waals surface area (Å²) in [6.45, 7) is 4.36. The molecule has 5 heteroatoms. The summed E-state index contributed by atoms with van der Waals surface area (Å²) in [4.78, 5) is 0. The highest BCUT2D eigenvalue weighted by Crippen LogP contribution is 2.25. The van der Waals surface area contributed by atoms with Gasteiger partial charge in [0.2, 0.25) is 0 Å². The van der Waals surface area contributed by atoms with E-state index in [9.17, 15) is 0 Å². The minimum Gasteiger partial charge on any atom is -0.313 e. The van der Waals surface area contributed by atoms with Crippen LogP contribution < -0.4 is 5.32 Å². The van der Waals surface area contributed by atoms with E-state index in [-0.39, 0.29) is 6.04 Å². The van der Waals surface area contributed by atoms with E-state index < -0.39 is 0 Å². The monoisotopic (exact) mass is 417 g/mol. The molecule has 0 aliphatic carbocycles. The van der Waals surface area contributed by atoms with Gasteiger partial charge in [-0.3, -0.25) is 4.68 Å². The van der Waals surface area contributed by atoms with Crippen LogP contribution in [0.4, 0.5) is 0 Å². The zero-order valence-corrected chi connectivity index (χ0v) is 15.5. The molecule has 2 atom stereocenters. The van der Waals surface area contributed by atoms with Crippen molar-refractivity contribution < 1.29 is 0 Å². The van der Waals surface area contributed by atoms with Gasteiger partial charge in [-0.2, -0.15) is 5.10 Å². The van der Waals surface area contributed by atoms with Crippen molar-refractivity contribution in [2.24, 2.45) is 0 Å². The fourth-order valence-corrected chi connectivity index (χ4v) is 2.77. The Kier molecular flexibility index (Phi) is 6.08. The molecule has 0 aliphatic rings. The predicted molar refractivity (Wildman–Crippen MR) is 96.9 cm³/mol. The number of hydrogen-bond acceptors (Lipinski definition) is 2. The van der Waals surface area contributed by atoms with Crippen molar-refractivity contribution in [1.82, 2.24) is 15.1 Å². The van der Waals surface area contributed by atoms with E-state index >= 15 is 0 Å². The molecule has 0 amide bonds. The third kappa shape index (κ3) is 4.20. The van der Waals surface area contributed by atoms with E-state index in [1.165, 1.54) is 5.56 Å². The van der Waals surface area contributed by atoms with E-state index in [4.69, 9.17) is 11.6 Å². The van der Waals surface area contributed by atoms with Gasteiger partial charge in [0.25, 0.3) is 0 Å². The van der Waals surface area contributed by atoms with Crippen LogP contribution in [0.2, 0.25) is 5.02 Å². The van der Waals surface area contributed by atoms with Crippen LogP contribution in [0.3, 0.4) is 0 Å². The largest absolute Gasteiger partial charge is 0.313 e. The quantitative estimate of drug-likeness (QED) is 0.695. The highest BCUT2D eigenvalue weighted by Gasteiger charge is 2.14. The van der Waals surface area contributed by atoms with Gasteiger partial charge < -0.3 is 5.32 Å². The van der Waals surface area contributed by atoms with Crippen molar-refractivity contribution in [1.29, 1.82) is 0 Å². The van der Waals surface area contributed by atoms with Crippen LogP contribution in [-0.4, -0.2) is 16.8 Å². The minimum absolute atomic E-state index is 0.222. The van der Waals surface area contributed by atoms with Crippen LogP contribution >= 0.6 is 34.2 Å². The summed E-state index contributed by atoms with van der Waals surface area (Å²) in [5.41, 5.74) is 2.30. The van der Waals surface area contributed by atoms with Gasteiger partial charge in [-0.15, -0.1) is 0 Å². The Labute approximate surface area is 145 Å². The van der Waals surface area contributed by atoms with Crippen molar-refractivity contribution >= 4 is 34.2 Å². The van der Waals surface area contributed by atoms with E-state index in [1.807, 2.05) is 17.8 Å². The molecule has 1 N–H and O–H groups in total. The molecule has 2 rings (SSSR count). The third-order valence-electron chi connectivity index (χ3n) is 3.81. The lowest BCUT2D eigenvalue weighted by atomic mass is 10.0. The van der Waals surface area contributed by atoms with Gasteiger partial charge in [0.1, 0.15) is 0 Å². The zero-order chi connectivity index (χ0) is 15.4. The van der Waals surface area contributed by atoms with Crippen LogP contribution in [0.25, 0.3) is 0 Å². The summed E-state index contributed by atoms with van der Waals surface area (Å²) >= 11 is 8.47. The maximum absolute atomic E-state index is 6.23. The van der Waals surface area contributed by atoms with Crippen molar-refractivity contribution in [3.05, 3.63) is 50.3 Å². The summed E-state index contributed by atoms with van der Waals surface area (Å²) in [5, 5.41) is 8.84. The number of likely N-dealkylation sites (N-methyl/N-ethyl adjacent to an activating group) is 1. The second-order valence-electron chi connectivity index (χ2n) is 5.26. The van der Waals surface area contributed by atoms with Crippen LogP contribution in [0.15, 0.2) is 30.5 Å². The van der Waals surface area contributed by atoms with Crippen LogP contribution in [0.1, 0.15) is 43.6 Å². The number of benzene rings is 1. The topological polar surface area (TPSA) is 29.9 Å². The third-order valence-corrected chi connectivity index (χ3v) is 5.39. The molecule has 114 valence electrons. The highest BCUT2D eigenvalue weighted by atomic mass is 127. The van der Waals surface area contributed by atoms with E-state index in [2.05, 4.69) is 71.2 Å². The molecule has 2 unspecified atom stereocenters. The van der Waals surface area contributed by atoms with Gasteiger partial charge in [0.15, 0.2) is 0 Å². The van der Waals surface area contributed by atoms with E-state index in [1.54, 1.807) is 0 Å². The first kappa shape index (κ1) is 16.8. The SMILES string of the molecule is CCC(C)n1ccc(CC(NC)c2ccc(I)c(Cl)c2)n1. The van der Waals surface area contributed by atoms with Crippen molar-refractivity contribution in [2.75, 3.05) is 7.05 Å². The van der Waals surface area contributed by atoms with Crippen LogP contribution in [-0.2, 0) is 6.42 Å². The van der Waals surface area contributed by atoms with E-state index in [0.29, 0.717) is 6.04 Å². The van der Waals surface area contributed by atoms with Crippen molar-refractivity contribution in [2.45, 2.75) is 38.8 Å². The molecule has 21 heavy (non-hydrogen) atoms. The lowest BCUT2D eigenvalue weighted by molar-refractivity contribution is 0.469. The van der Waals surface area contributed by atoms with Crippen LogP contribution in [0, 0.1) is 3.57 Å². The zero-order valence-electron chi connectivity index (χ0n) is 12.6. The summed E-state index contributed by atoms with van der Waals surface area (Å²) in [5.74, 6) is 0. The average Bonchev–Trinajstić information content (AvgIpc) is 2.95. The number of nitrogens with zero attached hydrogens (tertiary/aromatic N) is 2. The minimum atomic E-state index is 0.222. The number of halogens is 2. The summed E-state index contributed by atoms with van der Waals surface area (Å²) in [6, 6.07) is 8.99. The first-order valence-corrected chi connectivity index (χ1v) is 8.67. The number of nitrogens with one attached hydrogen (secondary N) is 1. The summed E-state index contributed by atoms with van der Waals surface area (Å²) in [6.07, 6.45) is 4.01. The average molecular weight is 418 g/mol. The Hall–Kier alpha value is -0.590. The van der Waals surface area contributed by atoms with Crippen molar-refractivity contribution in [3.8, 4) is 0 Å². The molecular weight excluding hydrogens is 397 g/mol. The summed E-state index contributed by atoms with van der Waals surface area (Å²) in [7, 11) is 1.97. The van der Waals surface area contributed by atoms with Crippen LogP contribution in [0.5, 0.6) is 0 Å². The molecule has 1 aromatic heterocycles. The Bertz CT molecular complexity index is 597. The maximum Gasteiger partial charge on any atom is 0.0643 e. The van der Waals surface area contributed by atoms with E-state index in [0.717, 1.165) is 27.1 Å². The molecule has 0 fully saturated rings. The molecule has 0 radical (unpaired) electrons. The smallest absolute Gasteiger partial charge is 0.0643 e. The molecule has 3 nitrogen and oxygen atoms in total. The predicted octanol–water partition coefficient (Wildman–Crippen LogP) is 4.62. The molecule has 0 saturated heterocycles. The van der Waals surface area contributed by atoms with Gasteiger partial charge in [-0.1, -0.05) is 24.6 Å². The molecular formula is C16H21ClIN3. The molecule has 1 aromatic carbocycles. The van der Waals surface area contributed by atoms with Gasteiger partial charge in [-0.05, 0) is 66.7 Å². The number of hydrogen-bond donors (Lipinski definition) is 1. The Balaban J connectivity index is 2.15. The molecule has 0 aliphatic heterocycles. The molecule has 2 aromatic rings. The molecule has 0 saturated carbocycles. The Morgan fingerprint density at radius 1 is 1.38 bits per heavy atom. The normalized spacial score (nSPS) is 14.1. The maximum atomic E-state index is 6.23. The number of aromatic nitrogens is 2. The first-order chi connectivity index (χ1) is 10.0. The van der Waals surface area contributed by atoms with Gasteiger partial charge in [0.05, 0.1) is 10.7 Å². The van der Waals surface area contributed by atoms with Crippen molar-refractivity contribution in [3.63, 3.8) is 0 Å².